The second-order valence-corrected chi connectivity index (χ2v) is 6.10. The fraction of sp³-hybridized carbons (Fsp3) is 0.562. The Labute approximate surface area is 134 Å². The minimum atomic E-state index is -0.189. The molecule has 1 amide bonds. The van der Waals surface area contributed by atoms with Crippen LogP contribution in [0.3, 0.4) is 0 Å². The van der Waals surface area contributed by atoms with E-state index in [0.29, 0.717) is 24.0 Å². The van der Waals surface area contributed by atoms with Gasteiger partial charge in [-0.2, -0.15) is 0 Å². The van der Waals surface area contributed by atoms with E-state index in [1.165, 1.54) is 0 Å². The van der Waals surface area contributed by atoms with Crippen LogP contribution < -0.4 is 10.9 Å². The number of hydrogen-bond acceptors (Lipinski definition) is 4. The molecule has 126 valence electrons. The first-order chi connectivity index (χ1) is 10.8. The first-order valence-corrected chi connectivity index (χ1v) is 7.77. The molecule has 0 fully saturated rings. The number of aromatic amines is 1. The van der Waals surface area contributed by atoms with Crippen LogP contribution in [0.15, 0.2) is 4.79 Å². The average Bonchev–Trinajstić information content (AvgIpc) is 2.76. The van der Waals surface area contributed by atoms with Gasteiger partial charge in [0.2, 0.25) is 5.91 Å². The summed E-state index contributed by atoms with van der Waals surface area (Å²) in [5.74, 6) is 0.123. The molecule has 1 unspecified atom stereocenters. The van der Waals surface area contributed by atoms with E-state index in [-0.39, 0.29) is 30.4 Å². The number of carbonyl (C=O) groups excluding carboxylic acids is 1. The zero-order valence-corrected chi connectivity index (χ0v) is 14.1. The highest BCUT2D eigenvalue weighted by molar-refractivity contribution is 5.84. The number of amides is 1. The van der Waals surface area contributed by atoms with Crippen molar-refractivity contribution < 1.29 is 9.90 Å². The van der Waals surface area contributed by atoms with Gasteiger partial charge in [0.1, 0.15) is 0 Å². The number of hydrogen-bond donors (Lipinski definition) is 3. The molecule has 0 radical (unpaired) electrons. The van der Waals surface area contributed by atoms with Gasteiger partial charge in [-0.15, -0.1) is 0 Å². The van der Waals surface area contributed by atoms with Crippen molar-refractivity contribution in [3.05, 3.63) is 27.2 Å². The largest absolute Gasteiger partial charge is 0.396 e. The molecule has 2 aromatic heterocycles. The lowest BCUT2D eigenvalue weighted by atomic mass is 10.0. The number of H-pyrrole nitrogens is 1. The number of rotatable bonds is 6. The number of aliphatic hydroxyl groups excluding tert-OH is 1. The fourth-order valence-electron chi connectivity index (χ4n) is 2.74. The molecule has 0 saturated carbocycles. The quantitative estimate of drug-likeness (QED) is 0.724. The zero-order valence-electron chi connectivity index (χ0n) is 14.1. The van der Waals surface area contributed by atoms with Crippen molar-refractivity contribution in [1.29, 1.82) is 0 Å². The molecule has 7 heteroatoms. The van der Waals surface area contributed by atoms with Gasteiger partial charge < -0.3 is 10.4 Å². The van der Waals surface area contributed by atoms with E-state index in [1.54, 1.807) is 11.7 Å². The highest BCUT2D eigenvalue weighted by Gasteiger charge is 2.17. The third kappa shape index (κ3) is 3.61. The third-order valence-electron chi connectivity index (χ3n) is 4.18. The van der Waals surface area contributed by atoms with Crippen LogP contribution in [0.5, 0.6) is 0 Å². The fourth-order valence-corrected chi connectivity index (χ4v) is 2.74. The molecule has 0 saturated heterocycles. The van der Waals surface area contributed by atoms with E-state index < -0.39 is 0 Å². The maximum Gasteiger partial charge on any atom is 0.273 e. The summed E-state index contributed by atoms with van der Waals surface area (Å²) in [6, 6.07) is 0. The third-order valence-corrected chi connectivity index (χ3v) is 4.18. The molecule has 1 atom stereocenters. The molecule has 23 heavy (non-hydrogen) atoms. The molecule has 0 aliphatic carbocycles. The Hall–Kier alpha value is -2.15. The number of aromatic nitrogens is 3. The lowest BCUT2D eigenvalue weighted by Gasteiger charge is -2.13. The summed E-state index contributed by atoms with van der Waals surface area (Å²) < 4.78 is 1.60. The molecule has 2 aromatic rings. The second kappa shape index (κ2) is 6.95. The molecule has 0 bridgehead atoms. The number of aryl methyl sites for hydroxylation is 3. The van der Waals surface area contributed by atoms with Crippen LogP contribution in [0.25, 0.3) is 11.0 Å². The van der Waals surface area contributed by atoms with Crippen LogP contribution in [0.1, 0.15) is 30.2 Å². The summed E-state index contributed by atoms with van der Waals surface area (Å²) in [7, 11) is 1.74. The van der Waals surface area contributed by atoms with Crippen LogP contribution in [-0.2, 0) is 18.3 Å². The van der Waals surface area contributed by atoms with Crippen molar-refractivity contribution in [2.45, 2.75) is 33.6 Å². The van der Waals surface area contributed by atoms with Gasteiger partial charge in [0.25, 0.3) is 5.56 Å². The van der Waals surface area contributed by atoms with Crippen LogP contribution >= 0.6 is 0 Å². The van der Waals surface area contributed by atoms with Gasteiger partial charge in [-0.25, -0.2) is 4.98 Å². The van der Waals surface area contributed by atoms with E-state index in [2.05, 4.69) is 15.4 Å². The van der Waals surface area contributed by atoms with E-state index in [1.807, 2.05) is 20.8 Å². The van der Waals surface area contributed by atoms with Crippen molar-refractivity contribution in [3.8, 4) is 0 Å². The molecule has 0 aromatic carbocycles. The minimum Gasteiger partial charge on any atom is -0.396 e. The molecule has 2 rings (SSSR count). The monoisotopic (exact) mass is 320 g/mol. The van der Waals surface area contributed by atoms with Crippen LogP contribution in [-0.4, -0.2) is 38.9 Å². The van der Waals surface area contributed by atoms with Crippen molar-refractivity contribution in [2.24, 2.45) is 13.0 Å². The molecule has 2 heterocycles. The normalized spacial score (nSPS) is 12.6. The summed E-state index contributed by atoms with van der Waals surface area (Å²) in [5, 5.41) is 15.0. The van der Waals surface area contributed by atoms with Gasteiger partial charge in [0, 0.05) is 25.9 Å². The predicted molar refractivity (Wildman–Crippen MR) is 88.4 cm³/mol. The van der Waals surface area contributed by atoms with E-state index in [4.69, 9.17) is 5.11 Å². The van der Waals surface area contributed by atoms with Gasteiger partial charge in [-0.05, 0) is 37.3 Å². The first-order valence-electron chi connectivity index (χ1n) is 7.77. The number of pyridine rings is 1. The Morgan fingerprint density at radius 2 is 2.13 bits per heavy atom. The van der Waals surface area contributed by atoms with Crippen molar-refractivity contribution >= 4 is 16.9 Å². The number of nitrogens with zero attached hydrogens (tertiary/aromatic N) is 2. The highest BCUT2D eigenvalue weighted by atomic mass is 16.3. The van der Waals surface area contributed by atoms with Crippen molar-refractivity contribution in [1.82, 2.24) is 20.1 Å². The topological polar surface area (TPSA) is 100 Å². The summed E-state index contributed by atoms with van der Waals surface area (Å²) in [4.78, 5) is 28.6. The first kappa shape index (κ1) is 17.2. The number of nitrogens with one attached hydrogen (secondary N) is 2. The SMILES string of the molecule is Cc1nc2c(c(C)c1CC(=O)NCC(C)CCO)c(=O)[nH]n2C. The van der Waals surface area contributed by atoms with Crippen molar-refractivity contribution in [2.75, 3.05) is 13.2 Å². The molecular weight excluding hydrogens is 296 g/mol. The average molecular weight is 320 g/mol. The standard InChI is InChI=1S/C16H24N4O3/c1-9(5-6-21)8-17-13(22)7-12-10(2)14-15(18-11(12)3)20(4)19-16(14)23/h9,21H,5-8H2,1-4H3,(H,17,22)(H,19,23). The molecule has 3 N–H and O–H groups in total. The highest BCUT2D eigenvalue weighted by Crippen LogP contribution is 2.20. The van der Waals surface area contributed by atoms with Gasteiger partial charge in [0.05, 0.1) is 11.8 Å². The van der Waals surface area contributed by atoms with Crippen LogP contribution in [0.4, 0.5) is 0 Å². The summed E-state index contributed by atoms with van der Waals surface area (Å²) in [5.41, 5.74) is 2.76. The summed E-state index contributed by atoms with van der Waals surface area (Å²) in [6.45, 7) is 6.32. The van der Waals surface area contributed by atoms with Crippen LogP contribution in [0.2, 0.25) is 0 Å². The Balaban J connectivity index is 2.22. The van der Waals surface area contributed by atoms with Gasteiger partial charge >= 0.3 is 0 Å². The van der Waals surface area contributed by atoms with E-state index in [9.17, 15) is 9.59 Å². The Morgan fingerprint density at radius 3 is 2.78 bits per heavy atom. The van der Waals surface area contributed by atoms with E-state index in [0.717, 1.165) is 16.8 Å². The molecule has 0 aliphatic heterocycles. The van der Waals surface area contributed by atoms with Crippen molar-refractivity contribution in [3.63, 3.8) is 0 Å². The number of carbonyl (C=O) groups is 1. The smallest absolute Gasteiger partial charge is 0.273 e. The van der Waals surface area contributed by atoms with Gasteiger partial charge in [-0.1, -0.05) is 6.92 Å². The Bertz CT molecular complexity index is 776. The second-order valence-electron chi connectivity index (χ2n) is 6.10. The molecular formula is C16H24N4O3. The maximum absolute atomic E-state index is 12.2. The van der Waals surface area contributed by atoms with E-state index >= 15 is 0 Å². The summed E-state index contributed by atoms with van der Waals surface area (Å²) in [6.07, 6.45) is 0.853. The van der Waals surface area contributed by atoms with Gasteiger partial charge in [-0.3, -0.25) is 19.4 Å². The summed E-state index contributed by atoms with van der Waals surface area (Å²) >= 11 is 0. The van der Waals surface area contributed by atoms with Gasteiger partial charge in [0.15, 0.2) is 5.65 Å². The minimum absolute atomic E-state index is 0.102. The lowest BCUT2D eigenvalue weighted by Crippen LogP contribution is -2.30. The molecule has 0 aliphatic rings. The van der Waals surface area contributed by atoms with Crippen LogP contribution in [0, 0.1) is 19.8 Å². The molecule has 7 nitrogen and oxygen atoms in total. The number of fused-ring (bicyclic) bond motifs is 1. The molecule has 0 spiro atoms. The predicted octanol–water partition coefficient (Wildman–Crippen LogP) is 0.556. The maximum atomic E-state index is 12.2. The Kier molecular flexibility index (Phi) is 5.20. The lowest BCUT2D eigenvalue weighted by molar-refractivity contribution is -0.120. The number of aliphatic hydroxyl groups is 1. The Morgan fingerprint density at radius 1 is 1.43 bits per heavy atom. The zero-order chi connectivity index (χ0) is 17.1.